The van der Waals surface area contributed by atoms with Crippen LogP contribution in [-0.2, 0) is 5.60 Å². The third kappa shape index (κ3) is 1.24. The molecule has 0 spiro atoms. The van der Waals surface area contributed by atoms with Gasteiger partial charge in [-0.15, -0.1) is 0 Å². The largest absolute Gasteiger partial charge is 0.504 e. The predicted molar refractivity (Wildman–Crippen MR) is 52.5 cm³/mol. The number of hydrogen-bond acceptors (Lipinski definition) is 3. The van der Waals surface area contributed by atoms with Crippen molar-refractivity contribution in [2.75, 3.05) is 7.11 Å². The summed E-state index contributed by atoms with van der Waals surface area (Å²) < 4.78 is 5.11. The summed E-state index contributed by atoms with van der Waals surface area (Å²) in [5.74, 6) is 0.499. The minimum atomic E-state index is -0.770. The maximum atomic E-state index is 10.0. The van der Waals surface area contributed by atoms with Gasteiger partial charge in [-0.25, -0.2) is 0 Å². The van der Waals surface area contributed by atoms with E-state index >= 15 is 0 Å². The molecule has 0 unspecified atom stereocenters. The number of phenolic OH excluding ortho intramolecular Hbond substituents is 1. The maximum absolute atomic E-state index is 10.0. The summed E-state index contributed by atoms with van der Waals surface area (Å²) in [6, 6.07) is 3.38. The van der Waals surface area contributed by atoms with Gasteiger partial charge in [0.1, 0.15) is 0 Å². The Morgan fingerprint density at radius 3 is 2.50 bits per heavy atom. The minimum Gasteiger partial charge on any atom is -0.504 e. The summed E-state index contributed by atoms with van der Waals surface area (Å²) in [7, 11) is 1.50. The number of phenols is 1. The number of aliphatic hydroxyl groups is 1. The van der Waals surface area contributed by atoms with Crippen molar-refractivity contribution in [2.45, 2.75) is 25.4 Å². The minimum absolute atomic E-state index is 0.0911. The molecular weight excluding hydrogens is 180 g/mol. The van der Waals surface area contributed by atoms with Crippen molar-refractivity contribution < 1.29 is 14.9 Å². The lowest BCUT2D eigenvalue weighted by atomic mass is 10.00. The van der Waals surface area contributed by atoms with E-state index in [0.717, 1.165) is 24.0 Å². The van der Waals surface area contributed by atoms with Crippen molar-refractivity contribution >= 4 is 0 Å². The predicted octanol–water partition coefficient (Wildman–Crippen LogP) is 1.69. The molecule has 3 heteroatoms. The summed E-state index contributed by atoms with van der Waals surface area (Å²) in [6.45, 7) is 1.91. The quantitative estimate of drug-likeness (QED) is 0.753. The van der Waals surface area contributed by atoms with Crippen LogP contribution in [0.1, 0.15) is 24.0 Å². The van der Waals surface area contributed by atoms with Crippen molar-refractivity contribution in [1.82, 2.24) is 0 Å². The molecule has 0 bridgehead atoms. The molecule has 0 aliphatic heterocycles. The van der Waals surface area contributed by atoms with E-state index in [1.54, 1.807) is 12.1 Å². The molecule has 1 aliphatic carbocycles. The average molecular weight is 194 g/mol. The molecule has 0 aromatic heterocycles. The molecule has 0 radical (unpaired) electrons. The van der Waals surface area contributed by atoms with Crippen LogP contribution in [0.2, 0.25) is 0 Å². The maximum Gasteiger partial charge on any atom is 0.166 e. The van der Waals surface area contributed by atoms with Crippen molar-refractivity contribution in [2.24, 2.45) is 0 Å². The number of benzene rings is 1. The molecular formula is C11H14O3. The second kappa shape index (κ2) is 2.89. The van der Waals surface area contributed by atoms with E-state index in [2.05, 4.69) is 0 Å². The lowest BCUT2D eigenvalue weighted by molar-refractivity contribution is 0.146. The molecule has 1 fully saturated rings. The van der Waals surface area contributed by atoms with Gasteiger partial charge in [0, 0.05) is 5.56 Å². The van der Waals surface area contributed by atoms with Crippen LogP contribution >= 0.6 is 0 Å². The van der Waals surface area contributed by atoms with Crippen LogP contribution in [0.4, 0.5) is 0 Å². The number of ether oxygens (including phenoxy) is 1. The van der Waals surface area contributed by atoms with E-state index in [9.17, 15) is 10.2 Å². The molecule has 0 heterocycles. The Morgan fingerprint density at radius 1 is 1.36 bits per heavy atom. The second-order valence-electron chi connectivity index (χ2n) is 3.84. The highest BCUT2D eigenvalue weighted by molar-refractivity contribution is 5.53. The average Bonchev–Trinajstić information content (AvgIpc) is 2.88. The van der Waals surface area contributed by atoms with E-state index in [1.165, 1.54) is 7.11 Å². The van der Waals surface area contributed by atoms with Gasteiger partial charge in [0.05, 0.1) is 12.7 Å². The van der Waals surface area contributed by atoms with Crippen LogP contribution in [0.15, 0.2) is 12.1 Å². The number of aryl methyl sites for hydroxylation is 1. The zero-order valence-electron chi connectivity index (χ0n) is 8.37. The molecule has 2 rings (SSSR count). The highest BCUT2D eigenvalue weighted by Crippen LogP contribution is 2.52. The van der Waals surface area contributed by atoms with E-state index in [4.69, 9.17) is 4.74 Å². The van der Waals surface area contributed by atoms with E-state index in [1.807, 2.05) is 6.92 Å². The van der Waals surface area contributed by atoms with Gasteiger partial charge in [0.25, 0.3) is 0 Å². The first-order chi connectivity index (χ1) is 6.58. The molecule has 76 valence electrons. The van der Waals surface area contributed by atoms with E-state index in [0.29, 0.717) is 5.75 Å². The Kier molecular flexibility index (Phi) is 1.93. The topological polar surface area (TPSA) is 49.7 Å². The Labute approximate surface area is 83.0 Å². The fourth-order valence-electron chi connectivity index (χ4n) is 1.82. The van der Waals surface area contributed by atoms with Gasteiger partial charge in [-0.3, -0.25) is 0 Å². The standard InChI is InChI=1S/C11H14O3/c1-7-3-4-8(12)10(14-2)9(7)11(13)5-6-11/h3-4,12-13H,5-6H2,1-2H3. The molecule has 1 aromatic carbocycles. The van der Waals surface area contributed by atoms with Crippen LogP contribution in [0, 0.1) is 6.92 Å². The summed E-state index contributed by atoms with van der Waals surface area (Å²) >= 11 is 0. The molecule has 14 heavy (non-hydrogen) atoms. The fourth-order valence-corrected chi connectivity index (χ4v) is 1.82. The second-order valence-corrected chi connectivity index (χ2v) is 3.84. The SMILES string of the molecule is COc1c(O)ccc(C)c1C1(O)CC1. The van der Waals surface area contributed by atoms with Crippen LogP contribution in [-0.4, -0.2) is 17.3 Å². The van der Waals surface area contributed by atoms with Crippen molar-refractivity contribution in [3.63, 3.8) is 0 Å². The summed E-state index contributed by atoms with van der Waals surface area (Å²) in [6.07, 6.45) is 1.49. The third-order valence-electron chi connectivity index (χ3n) is 2.74. The Bertz CT molecular complexity index is 367. The number of aromatic hydroxyl groups is 1. The lowest BCUT2D eigenvalue weighted by Crippen LogP contribution is -2.09. The Morgan fingerprint density at radius 2 is 2.00 bits per heavy atom. The molecule has 1 aromatic rings. The van der Waals surface area contributed by atoms with Gasteiger partial charge in [-0.1, -0.05) is 6.07 Å². The Hall–Kier alpha value is -1.22. The summed E-state index contributed by atoms with van der Waals surface area (Å²) in [5, 5.41) is 19.6. The van der Waals surface area contributed by atoms with Gasteiger partial charge in [-0.05, 0) is 31.4 Å². The van der Waals surface area contributed by atoms with Crippen molar-refractivity contribution in [1.29, 1.82) is 0 Å². The normalized spacial score (nSPS) is 17.9. The molecule has 0 amide bonds. The zero-order valence-corrected chi connectivity index (χ0v) is 8.37. The van der Waals surface area contributed by atoms with Gasteiger partial charge >= 0.3 is 0 Å². The fraction of sp³-hybridized carbons (Fsp3) is 0.455. The van der Waals surface area contributed by atoms with Crippen molar-refractivity contribution in [3.05, 3.63) is 23.3 Å². The van der Waals surface area contributed by atoms with Crippen LogP contribution < -0.4 is 4.74 Å². The van der Waals surface area contributed by atoms with Gasteiger partial charge < -0.3 is 14.9 Å². The van der Waals surface area contributed by atoms with Gasteiger partial charge in [-0.2, -0.15) is 0 Å². The first kappa shape index (κ1) is 9.34. The highest BCUT2D eigenvalue weighted by atomic mass is 16.5. The number of hydrogen-bond donors (Lipinski definition) is 2. The molecule has 2 N–H and O–H groups in total. The third-order valence-corrected chi connectivity index (χ3v) is 2.74. The van der Waals surface area contributed by atoms with E-state index in [-0.39, 0.29) is 5.75 Å². The molecule has 1 saturated carbocycles. The zero-order chi connectivity index (χ0) is 10.3. The summed E-state index contributed by atoms with van der Waals surface area (Å²) in [5.41, 5.74) is 0.924. The van der Waals surface area contributed by atoms with Crippen LogP contribution in [0.3, 0.4) is 0 Å². The first-order valence-electron chi connectivity index (χ1n) is 4.68. The van der Waals surface area contributed by atoms with Crippen molar-refractivity contribution in [3.8, 4) is 11.5 Å². The Balaban J connectivity index is 2.60. The number of rotatable bonds is 2. The number of methoxy groups -OCH3 is 1. The molecule has 0 saturated heterocycles. The van der Waals surface area contributed by atoms with Gasteiger partial charge in [0.2, 0.25) is 0 Å². The smallest absolute Gasteiger partial charge is 0.166 e. The lowest BCUT2D eigenvalue weighted by Gasteiger charge is -2.17. The van der Waals surface area contributed by atoms with Gasteiger partial charge in [0.15, 0.2) is 11.5 Å². The molecule has 0 atom stereocenters. The first-order valence-corrected chi connectivity index (χ1v) is 4.68. The molecule has 1 aliphatic rings. The highest BCUT2D eigenvalue weighted by Gasteiger charge is 2.45. The molecule has 3 nitrogen and oxygen atoms in total. The van der Waals surface area contributed by atoms with Crippen LogP contribution in [0.25, 0.3) is 0 Å². The monoisotopic (exact) mass is 194 g/mol. The van der Waals surface area contributed by atoms with Crippen LogP contribution in [0.5, 0.6) is 11.5 Å². The summed E-state index contributed by atoms with van der Waals surface area (Å²) in [4.78, 5) is 0. The van der Waals surface area contributed by atoms with E-state index < -0.39 is 5.60 Å².